The Bertz CT molecular complexity index is 220. The van der Waals surface area contributed by atoms with Crippen molar-refractivity contribution in [2.75, 3.05) is 0 Å². The molecule has 0 fully saturated rings. The fourth-order valence-electron chi connectivity index (χ4n) is 0.492. The highest BCUT2D eigenvalue weighted by molar-refractivity contribution is 5.89. The molecule has 0 bridgehead atoms. The summed E-state index contributed by atoms with van der Waals surface area (Å²) in [6, 6.07) is 0. The molecule has 0 spiro atoms. The lowest BCUT2D eigenvalue weighted by Crippen LogP contribution is -2.41. The molecular weight excluding hydrogens is 200 g/mol. The molecule has 0 aromatic rings. The Morgan fingerprint density at radius 2 is 1.21 bits per heavy atom. The van der Waals surface area contributed by atoms with E-state index in [9.17, 15) is 19.2 Å². The summed E-state index contributed by atoms with van der Waals surface area (Å²) >= 11 is 0. The molecule has 0 rings (SSSR count). The Kier molecular flexibility index (Phi) is 5.04. The number of hydrogen-bond donors (Lipinski definition) is 2. The predicted octanol–water partition coefficient (Wildman–Crippen LogP) is -2.89. The molecule has 0 saturated carbocycles. The first kappa shape index (κ1) is 12.2. The van der Waals surface area contributed by atoms with Crippen molar-refractivity contribution in [3.8, 4) is 0 Å². The summed E-state index contributed by atoms with van der Waals surface area (Å²) in [7, 11) is 0. The van der Waals surface area contributed by atoms with E-state index in [1.54, 1.807) is 0 Å². The second kappa shape index (κ2) is 5.78. The Balaban J connectivity index is 4.29. The quantitative estimate of drug-likeness (QED) is 0.278. The van der Waals surface area contributed by atoms with Gasteiger partial charge in [-0.05, 0) is 0 Å². The Labute approximate surface area is 77.0 Å². The van der Waals surface area contributed by atoms with Crippen LogP contribution in [0.3, 0.4) is 0 Å². The Hall–Kier alpha value is -1.80. The lowest BCUT2D eigenvalue weighted by molar-refractivity contribution is -0.175. The maximum Gasteiger partial charge on any atom is 0.345 e. The fraction of sp³-hybridized carbons (Fsp3) is 0.333. The van der Waals surface area contributed by atoms with Crippen molar-refractivity contribution in [3.63, 3.8) is 0 Å². The summed E-state index contributed by atoms with van der Waals surface area (Å²) in [5.41, 5.74) is 0. The van der Waals surface area contributed by atoms with Crippen molar-refractivity contribution >= 4 is 24.9 Å². The second-order valence-electron chi connectivity index (χ2n) is 1.96. The van der Waals surface area contributed by atoms with Gasteiger partial charge in [-0.25, -0.2) is 9.59 Å². The molecule has 0 aliphatic heterocycles. The van der Waals surface area contributed by atoms with Gasteiger partial charge in [-0.3, -0.25) is 9.59 Å². The highest BCUT2D eigenvalue weighted by Crippen LogP contribution is 1.98. The van der Waals surface area contributed by atoms with Gasteiger partial charge in [0.15, 0.2) is 12.2 Å². The van der Waals surface area contributed by atoms with Crippen molar-refractivity contribution in [3.05, 3.63) is 0 Å². The van der Waals surface area contributed by atoms with Gasteiger partial charge in [0.1, 0.15) is 0 Å². The largest absolute Gasteiger partial charge is 0.393 e. The maximum atomic E-state index is 10.5. The predicted molar refractivity (Wildman–Crippen MR) is 36.3 cm³/mol. The topological polar surface area (TPSA) is 127 Å². The van der Waals surface area contributed by atoms with Crippen molar-refractivity contribution in [1.82, 2.24) is 0 Å². The van der Waals surface area contributed by atoms with E-state index in [1.165, 1.54) is 0 Å². The number of ether oxygens (including phenoxy) is 2. The molecule has 0 aliphatic carbocycles. The minimum absolute atomic E-state index is 0.288. The first-order valence-corrected chi connectivity index (χ1v) is 3.19. The minimum atomic E-state index is -2.28. The third-order valence-electron chi connectivity index (χ3n) is 1.11. The van der Waals surface area contributed by atoms with Crippen LogP contribution in [0.2, 0.25) is 0 Å². The van der Waals surface area contributed by atoms with E-state index in [2.05, 4.69) is 9.47 Å². The van der Waals surface area contributed by atoms with E-state index in [-0.39, 0.29) is 12.9 Å². The third kappa shape index (κ3) is 3.29. The number of carbonyl (C=O) groups is 4. The molecule has 2 unspecified atom stereocenters. The van der Waals surface area contributed by atoms with Gasteiger partial charge in [-0.1, -0.05) is 0 Å². The number of hydrogen-bond acceptors (Lipinski definition) is 8. The van der Waals surface area contributed by atoms with Crippen molar-refractivity contribution in [1.29, 1.82) is 0 Å². The molecule has 0 saturated heterocycles. The van der Waals surface area contributed by atoms with E-state index >= 15 is 0 Å². The number of aliphatic hydroxyl groups excluding tert-OH is 2. The average molecular weight is 206 g/mol. The number of carbonyl (C=O) groups excluding carboxylic acids is 4. The molecular formula is C6H6O8. The molecule has 0 radical (unpaired) electrons. The zero-order chi connectivity index (χ0) is 11.1. The van der Waals surface area contributed by atoms with E-state index in [1.807, 2.05) is 0 Å². The van der Waals surface area contributed by atoms with Gasteiger partial charge in [0, 0.05) is 0 Å². The third-order valence-corrected chi connectivity index (χ3v) is 1.11. The number of rotatable bonds is 5. The zero-order valence-corrected chi connectivity index (χ0v) is 6.65. The molecule has 14 heavy (non-hydrogen) atoms. The van der Waals surface area contributed by atoms with E-state index in [0.29, 0.717) is 0 Å². The molecule has 8 nitrogen and oxygen atoms in total. The molecule has 78 valence electrons. The summed E-state index contributed by atoms with van der Waals surface area (Å²) < 4.78 is 7.25. The summed E-state index contributed by atoms with van der Waals surface area (Å²) in [6.07, 6.45) is -4.57. The Morgan fingerprint density at radius 1 is 0.929 bits per heavy atom. The van der Waals surface area contributed by atoms with Crippen LogP contribution in [0.5, 0.6) is 0 Å². The van der Waals surface area contributed by atoms with Crippen LogP contribution in [0.4, 0.5) is 0 Å². The van der Waals surface area contributed by atoms with Crippen LogP contribution < -0.4 is 0 Å². The lowest BCUT2D eigenvalue weighted by Gasteiger charge is -2.11. The Morgan fingerprint density at radius 3 is 1.43 bits per heavy atom. The molecule has 2 atom stereocenters. The molecule has 2 N–H and O–H groups in total. The number of esters is 2. The van der Waals surface area contributed by atoms with Gasteiger partial charge >= 0.3 is 24.9 Å². The second-order valence-corrected chi connectivity index (χ2v) is 1.96. The normalized spacial score (nSPS) is 13.6. The van der Waals surface area contributed by atoms with Gasteiger partial charge in [0.2, 0.25) is 0 Å². The molecule has 0 aromatic heterocycles. The molecule has 0 heterocycles. The summed E-state index contributed by atoms with van der Waals surface area (Å²) in [5, 5.41) is 17.6. The summed E-state index contributed by atoms with van der Waals surface area (Å²) in [6.45, 7) is -0.577. The molecule has 0 amide bonds. The van der Waals surface area contributed by atoms with E-state index in [0.717, 1.165) is 0 Å². The molecule has 8 heteroatoms. The van der Waals surface area contributed by atoms with Gasteiger partial charge in [-0.2, -0.15) is 0 Å². The average Bonchev–Trinajstić information content (AvgIpc) is 2.16. The van der Waals surface area contributed by atoms with Gasteiger partial charge in [-0.15, -0.1) is 0 Å². The SMILES string of the molecule is O=COC(=O)C(O)C(O)C(=O)OC=O. The lowest BCUT2D eigenvalue weighted by atomic mass is 10.2. The monoisotopic (exact) mass is 206 g/mol. The fourth-order valence-corrected chi connectivity index (χ4v) is 0.492. The van der Waals surface area contributed by atoms with E-state index in [4.69, 9.17) is 10.2 Å². The minimum Gasteiger partial charge on any atom is -0.393 e. The standard InChI is InChI=1S/C6H6O8/c7-1-13-5(11)3(9)4(10)6(12)14-2-8/h1-4,9-10H. The first-order valence-electron chi connectivity index (χ1n) is 3.19. The molecule has 0 aromatic carbocycles. The zero-order valence-electron chi connectivity index (χ0n) is 6.65. The van der Waals surface area contributed by atoms with Crippen LogP contribution >= 0.6 is 0 Å². The van der Waals surface area contributed by atoms with Crippen LogP contribution in [-0.4, -0.2) is 47.3 Å². The highest BCUT2D eigenvalue weighted by atomic mass is 16.6. The van der Waals surface area contributed by atoms with Crippen LogP contribution in [-0.2, 0) is 28.7 Å². The number of aliphatic hydroxyl groups is 2. The van der Waals surface area contributed by atoms with Crippen LogP contribution in [0.15, 0.2) is 0 Å². The van der Waals surface area contributed by atoms with Crippen LogP contribution in [0.25, 0.3) is 0 Å². The van der Waals surface area contributed by atoms with Gasteiger partial charge in [0.05, 0.1) is 0 Å². The summed E-state index contributed by atoms with van der Waals surface area (Å²) in [4.78, 5) is 40.3. The van der Waals surface area contributed by atoms with E-state index < -0.39 is 24.1 Å². The van der Waals surface area contributed by atoms with Crippen molar-refractivity contribution in [2.24, 2.45) is 0 Å². The van der Waals surface area contributed by atoms with Gasteiger partial charge < -0.3 is 19.7 Å². The first-order chi connectivity index (χ1) is 6.54. The summed E-state index contributed by atoms with van der Waals surface area (Å²) in [5.74, 6) is -3.06. The molecule has 0 aliphatic rings. The van der Waals surface area contributed by atoms with Crippen LogP contribution in [0.1, 0.15) is 0 Å². The maximum absolute atomic E-state index is 10.5. The highest BCUT2D eigenvalue weighted by Gasteiger charge is 2.32. The van der Waals surface area contributed by atoms with Gasteiger partial charge in [0.25, 0.3) is 0 Å². The smallest absolute Gasteiger partial charge is 0.345 e. The van der Waals surface area contributed by atoms with Crippen molar-refractivity contribution < 1.29 is 38.9 Å². The van der Waals surface area contributed by atoms with Crippen molar-refractivity contribution in [2.45, 2.75) is 12.2 Å². The van der Waals surface area contributed by atoms with Crippen LogP contribution in [0, 0.1) is 0 Å².